The molecule has 7 heteroatoms. The molecule has 184 valence electrons. The van der Waals surface area contributed by atoms with Gasteiger partial charge in [0.05, 0.1) is 22.9 Å². The largest absolute Gasteiger partial charge is 0.416 e. The number of aliphatic hydroxyl groups excluding tert-OH is 1. The van der Waals surface area contributed by atoms with Crippen LogP contribution in [-0.4, -0.2) is 15.9 Å². The average molecular weight is 500 g/mol. The van der Waals surface area contributed by atoms with Crippen molar-refractivity contribution in [2.75, 3.05) is 0 Å². The zero-order chi connectivity index (χ0) is 25.0. The summed E-state index contributed by atoms with van der Waals surface area (Å²) in [6, 6.07) is 6.35. The number of carbonyl (C=O) groups is 1. The van der Waals surface area contributed by atoms with Crippen LogP contribution >= 0.6 is 11.3 Å². The zero-order valence-corrected chi connectivity index (χ0v) is 20.6. The van der Waals surface area contributed by atoms with Crippen LogP contribution < -0.4 is 0 Å². The molecule has 2 aliphatic carbocycles. The number of hydrogen-bond donors (Lipinski definition) is 1. The predicted octanol–water partition coefficient (Wildman–Crippen LogP) is 7.72. The van der Waals surface area contributed by atoms with Crippen molar-refractivity contribution in [3.63, 3.8) is 0 Å². The Morgan fingerprint density at radius 1 is 1.11 bits per heavy atom. The van der Waals surface area contributed by atoms with Crippen LogP contribution in [0.15, 0.2) is 41.1 Å². The fraction of sp³-hybridized carbons (Fsp3) is 0.429. The van der Waals surface area contributed by atoms with Crippen molar-refractivity contribution in [2.24, 2.45) is 5.41 Å². The van der Waals surface area contributed by atoms with Gasteiger partial charge in [0.15, 0.2) is 5.78 Å². The minimum absolute atomic E-state index is 0.119. The van der Waals surface area contributed by atoms with E-state index in [1.165, 1.54) is 23.5 Å². The van der Waals surface area contributed by atoms with Crippen molar-refractivity contribution in [3.05, 3.63) is 74.7 Å². The van der Waals surface area contributed by atoms with Gasteiger partial charge in [0, 0.05) is 28.3 Å². The number of aromatic nitrogens is 1. The van der Waals surface area contributed by atoms with Crippen LogP contribution in [0.2, 0.25) is 0 Å². The summed E-state index contributed by atoms with van der Waals surface area (Å²) in [6.45, 7) is 4.23. The van der Waals surface area contributed by atoms with Crippen LogP contribution in [0.1, 0.15) is 96.4 Å². The monoisotopic (exact) mass is 499 g/mol. The van der Waals surface area contributed by atoms with E-state index in [1.807, 2.05) is 16.8 Å². The lowest BCUT2D eigenvalue weighted by atomic mass is 9.71. The highest BCUT2D eigenvalue weighted by Gasteiger charge is 2.39. The number of rotatable bonds is 4. The second-order valence-corrected chi connectivity index (χ2v) is 11.3. The van der Waals surface area contributed by atoms with E-state index >= 15 is 0 Å². The number of thiophene rings is 1. The van der Waals surface area contributed by atoms with E-state index in [0.29, 0.717) is 29.5 Å². The van der Waals surface area contributed by atoms with Gasteiger partial charge in [0.25, 0.3) is 0 Å². The number of fused-ring (bicyclic) bond motifs is 1. The first kappa shape index (κ1) is 24.2. The number of nitrogens with zero attached hydrogens (tertiary/aromatic N) is 1. The first-order valence-electron chi connectivity index (χ1n) is 12.0. The van der Waals surface area contributed by atoms with Crippen LogP contribution in [0.25, 0.3) is 11.1 Å². The van der Waals surface area contributed by atoms with Crippen LogP contribution in [0.4, 0.5) is 13.2 Å². The fourth-order valence-corrected chi connectivity index (χ4v) is 6.35. The molecular formula is C28H28F3NO2S. The standard InChI is InChI=1S/C28H28F3NO2S/c1-27(2)13-20-23(21(33)14-27)22(18-11-12-35-15-18)24(25(32-20)16-5-3-4-6-16)26(34)17-7-9-19(10-8-17)28(29,30)31/h7-12,15-16,21,33H,3-6,13-14H2,1-2H3/t21-/m0/s1. The maximum Gasteiger partial charge on any atom is 0.416 e. The summed E-state index contributed by atoms with van der Waals surface area (Å²) in [4.78, 5) is 19.1. The van der Waals surface area contributed by atoms with Gasteiger partial charge in [-0.25, -0.2) is 0 Å². The minimum Gasteiger partial charge on any atom is -0.388 e. The summed E-state index contributed by atoms with van der Waals surface area (Å²) in [6.07, 6.45) is -0.0304. The highest BCUT2D eigenvalue weighted by atomic mass is 32.1. The van der Waals surface area contributed by atoms with E-state index in [2.05, 4.69) is 13.8 Å². The van der Waals surface area contributed by atoms with Gasteiger partial charge in [0.1, 0.15) is 0 Å². The normalized spacial score (nSPS) is 20.1. The maximum absolute atomic E-state index is 14.0. The third-order valence-electron chi connectivity index (χ3n) is 7.32. The van der Waals surface area contributed by atoms with E-state index in [9.17, 15) is 23.1 Å². The Bertz CT molecular complexity index is 1240. The molecule has 0 radical (unpaired) electrons. The Morgan fingerprint density at radius 3 is 2.40 bits per heavy atom. The third-order valence-corrected chi connectivity index (χ3v) is 8.00. The summed E-state index contributed by atoms with van der Waals surface area (Å²) in [7, 11) is 0. The highest BCUT2D eigenvalue weighted by Crippen LogP contribution is 2.48. The maximum atomic E-state index is 14.0. The topological polar surface area (TPSA) is 50.2 Å². The van der Waals surface area contributed by atoms with Crippen molar-refractivity contribution in [2.45, 2.75) is 70.6 Å². The zero-order valence-electron chi connectivity index (χ0n) is 19.8. The van der Waals surface area contributed by atoms with E-state index in [4.69, 9.17) is 4.98 Å². The van der Waals surface area contributed by atoms with Crippen molar-refractivity contribution in [3.8, 4) is 11.1 Å². The smallest absolute Gasteiger partial charge is 0.388 e. The molecule has 0 amide bonds. The summed E-state index contributed by atoms with van der Waals surface area (Å²) >= 11 is 1.51. The molecule has 0 bridgehead atoms. The van der Waals surface area contributed by atoms with E-state index < -0.39 is 17.8 Å². The van der Waals surface area contributed by atoms with Crippen molar-refractivity contribution in [1.82, 2.24) is 4.98 Å². The molecule has 2 aliphatic rings. The molecule has 3 nitrogen and oxygen atoms in total. The Kier molecular flexibility index (Phi) is 6.12. The lowest BCUT2D eigenvalue weighted by molar-refractivity contribution is -0.137. The molecule has 1 aromatic carbocycles. The van der Waals surface area contributed by atoms with E-state index in [0.717, 1.165) is 54.8 Å². The molecule has 1 fully saturated rings. The molecule has 2 heterocycles. The number of aliphatic hydroxyl groups is 1. The van der Waals surface area contributed by atoms with Gasteiger partial charge in [0.2, 0.25) is 0 Å². The second kappa shape index (κ2) is 8.86. The molecule has 0 unspecified atom stereocenters. The SMILES string of the molecule is CC1(C)Cc2nc(C3CCCC3)c(C(=O)c3ccc(C(F)(F)F)cc3)c(-c3ccsc3)c2[C@@H](O)C1. The Morgan fingerprint density at radius 2 is 1.80 bits per heavy atom. The highest BCUT2D eigenvalue weighted by molar-refractivity contribution is 7.08. The van der Waals surface area contributed by atoms with E-state index in [1.54, 1.807) is 0 Å². The number of carbonyl (C=O) groups excluding carboxylic acids is 1. The quantitative estimate of drug-likeness (QED) is 0.374. The van der Waals surface area contributed by atoms with Crippen molar-refractivity contribution >= 4 is 17.1 Å². The summed E-state index contributed by atoms with van der Waals surface area (Å²) in [5, 5.41) is 15.2. The first-order chi connectivity index (χ1) is 16.5. The lowest BCUT2D eigenvalue weighted by Gasteiger charge is -2.36. The Hall–Kier alpha value is -2.51. The van der Waals surface area contributed by atoms with Gasteiger partial charge in [-0.15, -0.1) is 0 Å². The van der Waals surface area contributed by atoms with Crippen LogP contribution in [0.3, 0.4) is 0 Å². The number of hydrogen-bond acceptors (Lipinski definition) is 4. The molecule has 1 atom stereocenters. The van der Waals surface area contributed by atoms with E-state index in [-0.39, 0.29) is 22.7 Å². The van der Waals surface area contributed by atoms with Crippen molar-refractivity contribution in [1.29, 1.82) is 0 Å². The minimum atomic E-state index is -4.47. The molecule has 3 aromatic rings. The molecule has 1 N–H and O–H groups in total. The number of alkyl halides is 3. The van der Waals surface area contributed by atoms with Crippen LogP contribution in [0.5, 0.6) is 0 Å². The van der Waals surface area contributed by atoms with Gasteiger partial charge >= 0.3 is 6.18 Å². The number of ketones is 1. The molecule has 2 aromatic heterocycles. The summed E-state index contributed by atoms with van der Waals surface area (Å²) < 4.78 is 39.4. The molecule has 0 spiro atoms. The summed E-state index contributed by atoms with van der Waals surface area (Å²) in [5.74, 6) is -0.220. The lowest BCUT2D eigenvalue weighted by Crippen LogP contribution is -2.29. The summed E-state index contributed by atoms with van der Waals surface area (Å²) in [5.41, 5.74) is 3.53. The number of pyridine rings is 1. The second-order valence-electron chi connectivity index (χ2n) is 10.6. The number of halogens is 3. The predicted molar refractivity (Wildman–Crippen MR) is 131 cm³/mol. The van der Waals surface area contributed by atoms with Gasteiger partial charge in [-0.1, -0.05) is 38.8 Å². The Balaban J connectivity index is 1.75. The van der Waals surface area contributed by atoms with Crippen LogP contribution in [-0.2, 0) is 12.6 Å². The van der Waals surface area contributed by atoms with Gasteiger partial charge in [-0.2, -0.15) is 24.5 Å². The third kappa shape index (κ3) is 4.56. The average Bonchev–Trinajstić information content (AvgIpc) is 3.50. The van der Waals surface area contributed by atoms with Crippen molar-refractivity contribution < 1.29 is 23.1 Å². The first-order valence-corrected chi connectivity index (χ1v) is 13.0. The molecule has 1 saturated carbocycles. The van der Waals surface area contributed by atoms with Crippen LogP contribution in [0, 0.1) is 5.41 Å². The fourth-order valence-electron chi connectivity index (χ4n) is 5.70. The molecular weight excluding hydrogens is 471 g/mol. The van der Waals surface area contributed by atoms with Gasteiger partial charge in [-0.05, 0) is 65.6 Å². The van der Waals surface area contributed by atoms with Gasteiger partial charge < -0.3 is 5.11 Å². The Labute approximate surface area is 207 Å². The molecule has 0 aliphatic heterocycles. The van der Waals surface area contributed by atoms with Gasteiger partial charge in [-0.3, -0.25) is 9.78 Å². The molecule has 0 saturated heterocycles. The number of benzene rings is 1. The molecule has 5 rings (SSSR count). The molecule has 35 heavy (non-hydrogen) atoms.